The van der Waals surface area contributed by atoms with E-state index in [4.69, 9.17) is 0 Å². The number of para-hydroxylation sites is 1. The van der Waals surface area contributed by atoms with Crippen LogP contribution in [0, 0.1) is 10.1 Å². The molecule has 0 unspecified atom stereocenters. The van der Waals surface area contributed by atoms with Crippen molar-refractivity contribution in [3.8, 4) is 0 Å². The molecule has 2 aromatic rings. The van der Waals surface area contributed by atoms with Gasteiger partial charge >= 0.3 is 0 Å². The van der Waals surface area contributed by atoms with Crippen LogP contribution in [0.3, 0.4) is 0 Å². The Labute approximate surface area is 122 Å². The van der Waals surface area contributed by atoms with Crippen molar-refractivity contribution in [2.24, 2.45) is 0 Å². The summed E-state index contributed by atoms with van der Waals surface area (Å²) in [6.45, 7) is 0.195. The minimum absolute atomic E-state index is 0.00518. The molecule has 0 fully saturated rings. The van der Waals surface area contributed by atoms with E-state index in [0.29, 0.717) is 5.69 Å². The Hall–Kier alpha value is -2.89. The number of nitrogens with one attached hydrogen (secondary N) is 1. The topological polar surface area (TPSA) is 75.5 Å². The summed E-state index contributed by atoms with van der Waals surface area (Å²) in [6, 6.07) is 15.3. The van der Waals surface area contributed by atoms with E-state index in [1.165, 1.54) is 24.3 Å². The molecule has 2 aromatic carbocycles. The standard InChI is InChI=1S/C15H15N3O3/c1-17(13-5-3-2-4-6-13)11-15(19)16-12-7-9-14(10-8-12)18(20)21/h2-10H,11H2,1H3,(H,16,19). The number of anilines is 2. The number of amides is 1. The highest BCUT2D eigenvalue weighted by molar-refractivity contribution is 5.94. The Balaban J connectivity index is 1.94. The van der Waals surface area contributed by atoms with Crippen LogP contribution in [-0.2, 0) is 4.79 Å². The Kier molecular flexibility index (Phi) is 4.50. The lowest BCUT2D eigenvalue weighted by Crippen LogP contribution is -2.29. The summed E-state index contributed by atoms with van der Waals surface area (Å²) in [5.74, 6) is -0.185. The Morgan fingerprint density at radius 3 is 2.33 bits per heavy atom. The number of likely N-dealkylation sites (N-methyl/N-ethyl adjacent to an activating group) is 1. The van der Waals surface area contributed by atoms with Crippen molar-refractivity contribution in [1.82, 2.24) is 0 Å². The van der Waals surface area contributed by atoms with Gasteiger partial charge in [0.15, 0.2) is 0 Å². The average molecular weight is 285 g/mol. The zero-order chi connectivity index (χ0) is 15.2. The molecule has 0 aliphatic carbocycles. The van der Waals surface area contributed by atoms with E-state index < -0.39 is 4.92 Å². The molecule has 0 saturated carbocycles. The van der Waals surface area contributed by atoms with Crippen molar-refractivity contribution < 1.29 is 9.72 Å². The van der Waals surface area contributed by atoms with E-state index in [1.807, 2.05) is 42.3 Å². The van der Waals surface area contributed by atoms with E-state index in [1.54, 1.807) is 0 Å². The molecule has 108 valence electrons. The van der Waals surface area contributed by atoms with Crippen molar-refractivity contribution in [2.45, 2.75) is 0 Å². The first kappa shape index (κ1) is 14.5. The number of benzene rings is 2. The molecule has 0 heterocycles. The van der Waals surface area contributed by atoms with Crippen molar-refractivity contribution in [3.63, 3.8) is 0 Å². The van der Waals surface area contributed by atoms with Gasteiger partial charge in [0.05, 0.1) is 11.5 Å². The highest BCUT2D eigenvalue weighted by atomic mass is 16.6. The molecule has 0 aliphatic heterocycles. The van der Waals surface area contributed by atoms with Gasteiger partial charge in [0.2, 0.25) is 5.91 Å². The van der Waals surface area contributed by atoms with Gasteiger partial charge < -0.3 is 10.2 Å². The van der Waals surface area contributed by atoms with Gasteiger partial charge in [-0.3, -0.25) is 14.9 Å². The second-order valence-electron chi connectivity index (χ2n) is 4.54. The molecule has 21 heavy (non-hydrogen) atoms. The molecule has 1 N–H and O–H groups in total. The molecule has 2 rings (SSSR count). The van der Waals surface area contributed by atoms with Crippen LogP contribution in [0.25, 0.3) is 0 Å². The van der Waals surface area contributed by atoms with Crippen LogP contribution < -0.4 is 10.2 Å². The highest BCUT2D eigenvalue weighted by Crippen LogP contribution is 2.16. The van der Waals surface area contributed by atoms with E-state index in [9.17, 15) is 14.9 Å². The van der Waals surface area contributed by atoms with Gasteiger partial charge in [-0.05, 0) is 24.3 Å². The summed E-state index contributed by atoms with van der Waals surface area (Å²) in [5, 5.41) is 13.3. The van der Waals surface area contributed by atoms with E-state index in [2.05, 4.69) is 5.32 Å². The minimum Gasteiger partial charge on any atom is -0.365 e. The molecule has 6 heteroatoms. The fourth-order valence-electron chi connectivity index (χ4n) is 1.86. The molecule has 6 nitrogen and oxygen atoms in total. The lowest BCUT2D eigenvalue weighted by Gasteiger charge is -2.18. The second-order valence-corrected chi connectivity index (χ2v) is 4.54. The third kappa shape index (κ3) is 4.04. The van der Waals surface area contributed by atoms with E-state index in [-0.39, 0.29) is 18.1 Å². The minimum atomic E-state index is -0.477. The summed E-state index contributed by atoms with van der Waals surface area (Å²) < 4.78 is 0. The fraction of sp³-hybridized carbons (Fsp3) is 0.133. The van der Waals surface area contributed by atoms with Crippen molar-refractivity contribution >= 4 is 23.0 Å². The normalized spacial score (nSPS) is 9.95. The van der Waals surface area contributed by atoms with E-state index >= 15 is 0 Å². The molecule has 0 saturated heterocycles. The highest BCUT2D eigenvalue weighted by Gasteiger charge is 2.09. The molecular weight excluding hydrogens is 270 g/mol. The zero-order valence-corrected chi connectivity index (χ0v) is 11.5. The van der Waals surface area contributed by atoms with Crippen LogP contribution in [0.5, 0.6) is 0 Å². The molecule has 0 atom stereocenters. The maximum atomic E-state index is 11.9. The molecule has 0 aliphatic rings. The molecule has 0 bridgehead atoms. The third-order valence-electron chi connectivity index (χ3n) is 2.94. The molecule has 0 aromatic heterocycles. The smallest absolute Gasteiger partial charge is 0.269 e. The first-order valence-corrected chi connectivity index (χ1v) is 6.37. The van der Waals surface area contributed by atoms with Gasteiger partial charge in [0, 0.05) is 30.6 Å². The van der Waals surface area contributed by atoms with E-state index in [0.717, 1.165) is 5.69 Å². The number of non-ortho nitro benzene ring substituents is 1. The lowest BCUT2D eigenvalue weighted by molar-refractivity contribution is -0.384. The number of carbonyl (C=O) groups excluding carboxylic acids is 1. The monoisotopic (exact) mass is 285 g/mol. The first-order valence-electron chi connectivity index (χ1n) is 6.37. The SMILES string of the molecule is CN(CC(=O)Nc1ccc([N+](=O)[O-])cc1)c1ccccc1. The van der Waals surface area contributed by atoms with Gasteiger partial charge in [-0.1, -0.05) is 18.2 Å². The zero-order valence-electron chi connectivity index (χ0n) is 11.5. The number of hydrogen-bond acceptors (Lipinski definition) is 4. The van der Waals surface area contributed by atoms with Crippen LogP contribution in [0.4, 0.5) is 17.1 Å². The van der Waals surface area contributed by atoms with Crippen molar-refractivity contribution in [1.29, 1.82) is 0 Å². The number of carbonyl (C=O) groups is 1. The van der Waals surface area contributed by atoms with Gasteiger partial charge in [-0.2, -0.15) is 0 Å². The summed E-state index contributed by atoms with van der Waals surface area (Å²) in [7, 11) is 1.82. The van der Waals surface area contributed by atoms with Crippen LogP contribution in [0.2, 0.25) is 0 Å². The van der Waals surface area contributed by atoms with Crippen LogP contribution >= 0.6 is 0 Å². The summed E-state index contributed by atoms with van der Waals surface area (Å²) in [6.07, 6.45) is 0. The molecule has 1 amide bonds. The number of rotatable bonds is 5. The van der Waals surface area contributed by atoms with Crippen molar-refractivity contribution in [2.75, 3.05) is 23.8 Å². The quantitative estimate of drug-likeness (QED) is 0.677. The molecule has 0 spiro atoms. The van der Waals surface area contributed by atoms with Crippen LogP contribution in [0.1, 0.15) is 0 Å². The van der Waals surface area contributed by atoms with Gasteiger partial charge in [0.1, 0.15) is 0 Å². The Bertz CT molecular complexity index is 626. The maximum Gasteiger partial charge on any atom is 0.269 e. The number of nitro groups is 1. The summed E-state index contributed by atoms with van der Waals surface area (Å²) in [5.41, 5.74) is 1.47. The van der Waals surface area contributed by atoms with Crippen molar-refractivity contribution in [3.05, 3.63) is 64.7 Å². The number of nitrogens with zero attached hydrogens (tertiary/aromatic N) is 2. The summed E-state index contributed by atoms with van der Waals surface area (Å²) >= 11 is 0. The molecule has 0 radical (unpaired) electrons. The van der Waals surface area contributed by atoms with Gasteiger partial charge in [-0.15, -0.1) is 0 Å². The largest absolute Gasteiger partial charge is 0.365 e. The Morgan fingerprint density at radius 1 is 1.14 bits per heavy atom. The third-order valence-corrected chi connectivity index (χ3v) is 2.94. The van der Waals surface area contributed by atoms with Gasteiger partial charge in [-0.25, -0.2) is 0 Å². The predicted octanol–water partition coefficient (Wildman–Crippen LogP) is 2.67. The summed E-state index contributed by atoms with van der Waals surface area (Å²) in [4.78, 5) is 23.8. The molecular formula is C15H15N3O3. The average Bonchev–Trinajstić information content (AvgIpc) is 2.48. The number of nitro benzene ring substituents is 1. The fourth-order valence-corrected chi connectivity index (χ4v) is 1.86. The van der Waals surface area contributed by atoms with Crippen LogP contribution in [0.15, 0.2) is 54.6 Å². The lowest BCUT2D eigenvalue weighted by atomic mass is 10.2. The first-order chi connectivity index (χ1) is 10.1. The van der Waals surface area contributed by atoms with Gasteiger partial charge in [0.25, 0.3) is 5.69 Å². The second kappa shape index (κ2) is 6.51. The predicted molar refractivity (Wildman–Crippen MR) is 81.4 cm³/mol. The van der Waals surface area contributed by atoms with Crippen LogP contribution in [-0.4, -0.2) is 24.4 Å². The Morgan fingerprint density at radius 2 is 1.76 bits per heavy atom. The number of hydrogen-bond donors (Lipinski definition) is 1. The maximum absolute atomic E-state index is 11.9.